The molecule has 0 saturated carbocycles. The van der Waals surface area contributed by atoms with Gasteiger partial charge in [-0.25, -0.2) is 0 Å². The first-order valence-electron chi connectivity index (χ1n) is 4.71. The minimum Gasteiger partial charge on any atom is -0.493 e. The zero-order valence-electron chi connectivity index (χ0n) is 8.24. The number of ether oxygens (including phenoxy) is 1. The van der Waals surface area contributed by atoms with Gasteiger partial charge in [0.2, 0.25) is 0 Å². The molecular weight excluding hydrogens is 183 g/mol. The number of hydrogen-bond donors (Lipinski definition) is 1. The summed E-state index contributed by atoms with van der Waals surface area (Å²) in [4.78, 5) is 0. The maximum atomic E-state index is 11.8. The molecule has 0 fully saturated rings. The molecule has 0 radical (unpaired) electrons. The molecule has 0 heterocycles. The van der Waals surface area contributed by atoms with E-state index in [4.69, 9.17) is 4.74 Å². The van der Waals surface area contributed by atoms with Crippen LogP contribution in [0.1, 0.15) is 25.0 Å². The molecule has 1 atom stereocenters. The molecule has 1 N–H and O–H groups in total. The fourth-order valence-electron chi connectivity index (χ4n) is 1.19. The Hall–Kier alpha value is -1.09. The molecule has 0 spiro atoms. The molecule has 0 saturated heterocycles. The van der Waals surface area contributed by atoms with E-state index in [-0.39, 0.29) is 6.67 Å². The van der Waals surface area contributed by atoms with Crippen molar-refractivity contribution < 1.29 is 14.2 Å². The van der Waals surface area contributed by atoms with Crippen LogP contribution < -0.4 is 4.74 Å². The number of aliphatic hydroxyl groups excluding tert-OH is 1. The molecular formula is C11H15FO2. The summed E-state index contributed by atoms with van der Waals surface area (Å²) >= 11 is 0. The predicted octanol–water partition coefficient (Wildman–Crippen LogP) is 2.48. The quantitative estimate of drug-likeness (QED) is 0.736. The lowest BCUT2D eigenvalue weighted by molar-refractivity contribution is 0.190. The van der Waals surface area contributed by atoms with Crippen LogP contribution in [-0.4, -0.2) is 18.4 Å². The zero-order chi connectivity index (χ0) is 10.4. The highest BCUT2D eigenvalue weighted by atomic mass is 19.1. The van der Waals surface area contributed by atoms with Crippen molar-refractivity contribution in [1.82, 2.24) is 0 Å². The van der Waals surface area contributed by atoms with Crippen molar-refractivity contribution in [3.63, 3.8) is 0 Å². The predicted molar refractivity (Wildman–Crippen MR) is 53.2 cm³/mol. The third-order valence-corrected chi connectivity index (χ3v) is 1.90. The van der Waals surface area contributed by atoms with E-state index in [2.05, 4.69) is 0 Å². The van der Waals surface area contributed by atoms with E-state index < -0.39 is 6.10 Å². The summed E-state index contributed by atoms with van der Waals surface area (Å²) in [5.41, 5.74) is 0.742. The Morgan fingerprint density at radius 2 is 2.14 bits per heavy atom. The maximum absolute atomic E-state index is 11.8. The fourth-order valence-corrected chi connectivity index (χ4v) is 1.19. The van der Waals surface area contributed by atoms with E-state index >= 15 is 0 Å². The summed E-state index contributed by atoms with van der Waals surface area (Å²) in [5, 5.41) is 9.41. The first-order valence-corrected chi connectivity index (χ1v) is 4.71. The van der Waals surface area contributed by atoms with Crippen LogP contribution in [0, 0.1) is 0 Å². The van der Waals surface area contributed by atoms with Gasteiger partial charge in [-0.15, -0.1) is 0 Å². The minimum absolute atomic E-state index is 0.347. The summed E-state index contributed by atoms with van der Waals surface area (Å²) in [6.45, 7) is 1.65. The first-order chi connectivity index (χ1) is 6.75. The Kier molecular flexibility index (Phi) is 4.40. The SMILES string of the molecule is C[C@H](O)c1ccccc1OCCCF. The second-order valence-corrected chi connectivity index (χ2v) is 3.10. The van der Waals surface area contributed by atoms with Crippen LogP contribution in [0.4, 0.5) is 4.39 Å². The highest BCUT2D eigenvalue weighted by molar-refractivity contribution is 5.34. The van der Waals surface area contributed by atoms with Gasteiger partial charge < -0.3 is 9.84 Å². The van der Waals surface area contributed by atoms with Crippen molar-refractivity contribution >= 4 is 0 Å². The van der Waals surface area contributed by atoms with E-state index in [0.717, 1.165) is 5.56 Å². The molecule has 3 heteroatoms. The lowest BCUT2D eigenvalue weighted by atomic mass is 10.1. The smallest absolute Gasteiger partial charge is 0.125 e. The molecule has 2 nitrogen and oxygen atoms in total. The van der Waals surface area contributed by atoms with E-state index in [1.54, 1.807) is 19.1 Å². The lowest BCUT2D eigenvalue weighted by Gasteiger charge is -2.12. The van der Waals surface area contributed by atoms with Crippen LogP contribution in [0.25, 0.3) is 0 Å². The summed E-state index contributed by atoms with van der Waals surface area (Å²) in [6.07, 6.45) is -0.176. The average Bonchev–Trinajstić information content (AvgIpc) is 2.19. The lowest BCUT2D eigenvalue weighted by Crippen LogP contribution is -2.02. The largest absolute Gasteiger partial charge is 0.493 e. The summed E-state index contributed by atoms with van der Waals surface area (Å²) in [7, 11) is 0. The van der Waals surface area contributed by atoms with Gasteiger partial charge in [0, 0.05) is 12.0 Å². The average molecular weight is 198 g/mol. The van der Waals surface area contributed by atoms with Gasteiger partial charge in [-0.05, 0) is 13.0 Å². The highest BCUT2D eigenvalue weighted by Gasteiger charge is 2.07. The van der Waals surface area contributed by atoms with Crippen molar-refractivity contribution in [2.75, 3.05) is 13.3 Å². The molecule has 1 aromatic carbocycles. The molecule has 0 bridgehead atoms. The molecule has 0 aliphatic carbocycles. The normalized spacial score (nSPS) is 12.5. The summed E-state index contributed by atoms with van der Waals surface area (Å²) in [6, 6.07) is 7.25. The van der Waals surface area contributed by atoms with Crippen LogP contribution in [-0.2, 0) is 0 Å². The molecule has 0 aliphatic rings. The zero-order valence-corrected chi connectivity index (χ0v) is 8.24. The molecule has 14 heavy (non-hydrogen) atoms. The third kappa shape index (κ3) is 3.00. The Labute approximate surface area is 83.3 Å². The van der Waals surface area contributed by atoms with Crippen LogP contribution in [0.5, 0.6) is 5.75 Å². The van der Waals surface area contributed by atoms with Crippen molar-refractivity contribution in [3.8, 4) is 5.75 Å². The monoisotopic (exact) mass is 198 g/mol. The van der Waals surface area contributed by atoms with E-state index in [9.17, 15) is 9.50 Å². The third-order valence-electron chi connectivity index (χ3n) is 1.90. The van der Waals surface area contributed by atoms with Gasteiger partial charge in [0.15, 0.2) is 0 Å². The fraction of sp³-hybridized carbons (Fsp3) is 0.455. The number of halogens is 1. The Morgan fingerprint density at radius 1 is 1.43 bits per heavy atom. The molecule has 1 aromatic rings. The molecule has 0 aliphatic heterocycles. The van der Waals surface area contributed by atoms with Gasteiger partial charge in [-0.1, -0.05) is 18.2 Å². The first kappa shape index (κ1) is 11.0. The van der Waals surface area contributed by atoms with Crippen molar-refractivity contribution in [2.45, 2.75) is 19.4 Å². The molecule has 0 amide bonds. The van der Waals surface area contributed by atoms with Crippen LogP contribution in [0.3, 0.4) is 0 Å². The summed E-state index contributed by atoms with van der Waals surface area (Å²) in [5.74, 6) is 0.635. The Bertz CT molecular complexity index is 274. The van der Waals surface area contributed by atoms with Gasteiger partial charge in [-0.2, -0.15) is 0 Å². The number of alkyl halides is 1. The summed E-state index contributed by atoms with van der Waals surface area (Å²) < 4.78 is 17.2. The van der Waals surface area contributed by atoms with Gasteiger partial charge in [-0.3, -0.25) is 4.39 Å². The van der Waals surface area contributed by atoms with Gasteiger partial charge in [0.05, 0.1) is 19.4 Å². The number of benzene rings is 1. The molecule has 0 aromatic heterocycles. The van der Waals surface area contributed by atoms with Crippen LogP contribution >= 0.6 is 0 Å². The Morgan fingerprint density at radius 3 is 2.79 bits per heavy atom. The van der Waals surface area contributed by atoms with Crippen molar-refractivity contribution in [1.29, 1.82) is 0 Å². The number of hydrogen-bond acceptors (Lipinski definition) is 2. The topological polar surface area (TPSA) is 29.5 Å². The second kappa shape index (κ2) is 5.60. The van der Waals surface area contributed by atoms with E-state index in [1.807, 2.05) is 12.1 Å². The maximum Gasteiger partial charge on any atom is 0.125 e. The van der Waals surface area contributed by atoms with Gasteiger partial charge in [0.25, 0.3) is 0 Å². The number of rotatable bonds is 5. The number of para-hydroxylation sites is 1. The van der Waals surface area contributed by atoms with Gasteiger partial charge >= 0.3 is 0 Å². The van der Waals surface area contributed by atoms with E-state index in [1.165, 1.54) is 0 Å². The molecule has 1 rings (SSSR count). The Balaban J connectivity index is 2.64. The second-order valence-electron chi connectivity index (χ2n) is 3.10. The van der Waals surface area contributed by atoms with Crippen molar-refractivity contribution in [2.24, 2.45) is 0 Å². The van der Waals surface area contributed by atoms with E-state index in [0.29, 0.717) is 18.8 Å². The highest BCUT2D eigenvalue weighted by Crippen LogP contribution is 2.24. The molecule has 0 unspecified atom stereocenters. The van der Waals surface area contributed by atoms with Crippen LogP contribution in [0.2, 0.25) is 0 Å². The van der Waals surface area contributed by atoms with Crippen molar-refractivity contribution in [3.05, 3.63) is 29.8 Å². The minimum atomic E-state index is -0.559. The van der Waals surface area contributed by atoms with Gasteiger partial charge in [0.1, 0.15) is 5.75 Å². The standard InChI is InChI=1S/C11H15FO2/c1-9(13)10-5-2-3-6-11(10)14-8-4-7-12/h2-3,5-6,9,13H,4,7-8H2,1H3/t9-/m0/s1. The van der Waals surface area contributed by atoms with Crippen LogP contribution in [0.15, 0.2) is 24.3 Å². The number of aliphatic hydroxyl groups is 1. The molecule has 78 valence electrons.